The summed E-state index contributed by atoms with van der Waals surface area (Å²) in [6.45, 7) is 1.47. The van der Waals surface area contributed by atoms with E-state index in [1.807, 2.05) is 24.3 Å². The molecule has 0 atom stereocenters. The minimum Gasteiger partial charge on any atom is -0.352 e. The number of carbonyl (C=O) groups is 1. The number of benzene rings is 1. The fraction of sp³-hybridized carbons (Fsp3) is 0.533. The molecule has 1 aromatic carbocycles. The summed E-state index contributed by atoms with van der Waals surface area (Å²) >= 11 is 0. The molecule has 0 aliphatic heterocycles. The highest BCUT2D eigenvalue weighted by molar-refractivity contribution is 5.94. The quantitative estimate of drug-likeness (QED) is 0.836. The maximum absolute atomic E-state index is 11.9. The minimum absolute atomic E-state index is 0.0428. The van der Waals surface area contributed by atoms with Crippen molar-refractivity contribution in [1.29, 1.82) is 0 Å². The van der Waals surface area contributed by atoms with Gasteiger partial charge in [-0.25, -0.2) is 0 Å². The zero-order chi connectivity index (χ0) is 12.8. The predicted molar refractivity (Wildman–Crippen MR) is 73.5 cm³/mol. The first-order chi connectivity index (χ1) is 8.79. The van der Waals surface area contributed by atoms with Crippen LogP contribution in [-0.4, -0.2) is 19.0 Å². The van der Waals surface area contributed by atoms with Crippen molar-refractivity contribution in [3.8, 4) is 0 Å². The van der Waals surface area contributed by atoms with Gasteiger partial charge < -0.3 is 11.1 Å². The van der Waals surface area contributed by atoms with Crippen molar-refractivity contribution in [3.63, 3.8) is 0 Å². The van der Waals surface area contributed by atoms with E-state index in [1.165, 1.54) is 31.2 Å². The van der Waals surface area contributed by atoms with Crippen molar-refractivity contribution in [2.45, 2.75) is 32.1 Å². The predicted octanol–water partition coefficient (Wildman–Crippen LogP) is 2.11. The van der Waals surface area contributed by atoms with Gasteiger partial charge >= 0.3 is 0 Å². The second kappa shape index (κ2) is 6.55. The van der Waals surface area contributed by atoms with Gasteiger partial charge in [0, 0.05) is 12.1 Å². The average Bonchev–Trinajstić information content (AvgIpc) is 2.90. The van der Waals surface area contributed by atoms with Gasteiger partial charge in [-0.1, -0.05) is 25.0 Å². The molecule has 0 bridgehead atoms. The van der Waals surface area contributed by atoms with Gasteiger partial charge in [0.25, 0.3) is 5.91 Å². The van der Waals surface area contributed by atoms with Crippen LogP contribution in [0.2, 0.25) is 0 Å². The van der Waals surface area contributed by atoms with Crippen LogP contribution in [0.15, 0.2) is 24.3 Å². The summed E-state index contributed by atoms with van der Waals surface area (Å²) in [5.41, 5.74) is 7.43. The molecule has 1 aromatic rings. The lowest BCUT2D eigenvalue weighted by atomic mass is 10.1. The van der Waals surface area contributed by atoms with Crippen LogP contribution in [-0.2, 0) is 6.42 Å². The lowest BCUT2D eigenvalue weighted by molar-refractivity contribution is 0.0947. The molecule has 0 unspecified atom stereocenters. The molecular weight excluding hydrogens is 224 g/mol. The molecule has 3 N–H and O–H groups in total. The Labute approximate surface area is 109 Å². The van der Waals surface area contributed by atoms with Gasteiger partial charge in [0.05, 0.1) is 0 Å². The molecule has 1 aliphatic rings. The summed E-state index contributed by atoms with van der Waals surface area (Å²) in [6, 6.07) is 7.73. The first kappa shape index (κ1) is 13.1. The number of rotatable bonds is 5. The summed E-state index contributed by atoms with van der Waals surface area (Å²) in [6.07, 6.45) is 6.01. The lowest BCUT2D eigenvalue weighted by Crippen LogP contribution is -2.28. The Morgan fingerprint density at radius 1 is 1.22 bits per heavy atom. The first-order valence-electron chi connectivity index (χ1n) is 6.87. The molecule has 0 spiro atoms. The van der Waals surface area contributed by atoms with Gasteiger partial charge in [-0.3, -0.25) is 4.79 Å². The zero-order valence-electron chi connectivity index (χ0n) is 10.8. The lowest BCUT2D eigenvalue weighted by Gasteiger charge is -2.10. The molecule has 0 aromatic heterocycles. The molecule has 1 fully saturated rings. The smallest absolute Gasteiger partial charge is 0.251 e. The van der Waals surface area contributed by atoms with E-state index in [1.54, 1.807) is 0 Å². The maximum atomic E-state index is 11.9. The molecule has 2 rings (SSSR count). The van der Waals surface area contributed by atoms with Crippen LogP contribution in [0.1, 0.15) is 41.6 Å². The summed E-state index contributed by atoms with van der Waals surface area (Å²) in [5.74, 6) is 0.728. The van der Waals surface area contributed by atoms with Gasteiger partial charge in [-0.15, -0.1) is 0 Å². The van der Waals surface area contributed by atoms with Crippen molar-refractivity contribution >= 4 is 5.91 Å². The van der Waals surface area contributed by atoms with Crippen molar-refractivity contribution in [1.82, 2.24) is 5.32 Å². The van der Waals surface area contributed by atoms with Crippen LogP contribution in [0.4, 0.5) is 0 Å². The number of hydrogen-bond donors (Lipinski definition) is 2. The number of amides is 1. The molecule has 0 saturated heterocycles. The number of nitrogens with one attached hydrogen (secondary N) is 1. The molecule has 1 aliphatic carbocycles. The molecule has 1 amide bonds. The third-order valence-electron chi connectivity index (χ3n) is 3.68. The highest BCUT2D eigenvalue weighted by Crippen LogP contribution is 2.23. The second-order valence-electron chi connectivity index (χ2n) is 5.10. The highest BCUT2D eigenvalue weighted by Gasteiger charge is 2.15. The first-order valence-corrected chi connectivity index (χ1v) is 6.87. The maximum Gasteiger partial charge on any atom is 0.251 e. The Morgan fingerprint density at radius 2 is 1.89 bits per heavy atom. The monoisotopic (exact) mass is 246 g/mol. The number of hydrogen-bond acceptors (Lipinski definition) is 2. The van der Waals surface area contributed by atoms with Crippen molar-refractivity contribution < 1.29 is 4.79 Å². The Hall–Kier alpha value is -1.35. The van der Waals surface area contributed by atoms with E-state index >= 15 is 0 Å². The Kier molecular flexibility index (Phi) is 4.76. The van der Waals surface area contributed by atoms with Gasteiger partial charge in [-0.2, -0.15) is 0 Å². The van der Waals surface area contributed by atoms with E-state index in [0.717, 1.165) is 18.5 Å². The van der Waals surface area contributed by atoms with Crippen LogP contribution in [0, 0.1) is 5.92 Å². The standard InChI is InChI=1S/C15H22N2O/c16-10-9-12-5-7-14(8-6-12)15(18)17-11-13-3-1-2-4-13/h5-8,13H,1-4,9-11,16H2,(H,17,18). The second-order valence-corrected chi connectivity index (χ2v) is 5.10. The Bertz CT molecular complexity index is 380. The van der Waals surface area contributed by atoms with Crippen LogP contribution in [0.25, 0.3) is 0 Å². The molecule has 0 heterocycles. The van der Waals surface area contributed by atoms with Crippen molar-refractivity contribution in [2.75, 3.05) is 13.1 Å². The molecule has 1 saturated carbocycles. The molecule has 3 nitrogen and oxygen atoms in total. The largest absolute Gasteiger partial charge is 0.352 e. The SMILES string of the molecule is NCCc1ccc(C(=O)NCC2CCCC2)cc1. The summed E-state index contributed by atoms with van der Waals surface area (Å²) in [4.78, 5) is 11.9. The van der Waals surface area contributed by atoms with Crippen LogP contribution >= 0.6 is 0 Å². The molecule has 3 heteroatoms. The third kappa shape index (κ3) is 3.57. The summed E-state index contributed by atoms with van der Waals surface area (Å²) < 4.78 is 0. The molecule has 18 heavy (non-hydrogen) atoms. The Morgan fingerprint density at radius 3 is 2.50 bits per heavy atom. The van der Waals surface area contributed by atoms with E-state index in [0.29, 0.717) is 12.5 Å². The van der Waals surface area contributed by atoms with Gasteiger partial charge in [0.1, 0.15) is 0 Å². The average molecular weight is 246 g/mol. The van der Waals surface area contributed by atoms with E-state index in [4.69, 9.17) is 5.73 Å². The van der Waals surface area contributed by atoms with Gasteiger partial charge in [0.2, 0.25) is 0 Å². The molecule has 0 radical (unpaired) electrons. The number of nitrogens with two attached hydrogens (primary N) is 1. The van der Waals surface area contributed by atoms with Crippen LogP contribution in [0.3, 0.4) is 0 Å². The summed E-state index contributed by atoms with van der Waals surface area (Å²) in [7, 11) is 0. The minimum atomic E-state index is 0.0428. The molecular formula is C15H22N2O. The number of carbonyl (C=O) groups excluding carboxylic acids is 1. The van der Waals surface area contributed by atoms with E-state index in [-0.39, 0.29) is 5.91 Å². The van der Waals surface area contributed by atoms with E-state index in [2.05, 4.69) is 5.32 Å². The van der Waals surface area contributed by atoms with E-state index < -0.39 is 0 Å². The zero-order valence-corrected chi connectivity index (χ0v) is 10.8. The fourth-order valence-corrected chi connectivity index (χ4v) is 2.54. The molecule has 98 valence electrons. The normalized spacial score (nSPS) is 15.8. The van der Waals surface area contributed by atoms with Gasteiger partial charge in [-0.05, 0) is 49.4 Å². The Balaban J connectivity index is 1.83. The van der Waals surface area contributed by atoms with Crippen molar-refractivity contribution in [2.24, 2.45) is 11.7 Å². The summed E-state index contributed by atoms with van der Waals surface area (Å²) in [5, 5.41) is 3.03. The third-order valence-corrected chi connectivity index (χ3v) is 3.68. The van der Waals surface area contributed by atoms with Crippen LogP contribution in [0.5, 0.6) is 0 Å². The topological polar surface area (TPSA) is 55.1 Å². The van der Waals surface area contributed by atoms with E-state index in [9.17, 15) is 4.79 Å². The fourth-order valence-electron chi connectivity index (χ4n) is 2.54. The van der Waals surface area contributed by atoms with Crippen LogP contribution < -0.4 is 11.1 Å². The van der Waals surface area contributed by atoms with Crippen molar-refractivity contribution in [3.05, 3.63) is 35.4 Å². The van der Waals surface area contributed by atoms with Gasteiger partial charge in [0.15, 0.2) is 0 Å². The highest BCUT2D eigenvalue weighted by atomic mass is 16.1.